The molecule has 1 aromatic carbocycles. The lowest BCUT2D eigenvalue weighted by molar-refractivity contribution is -0.150. The number of fused-ring (bicyclic) bond motifs is 3. The lowest BCUT2D eigenvalue weighted by atomic mass is 10.1. The summed E-state index contributed by atoms with van der Waals surface area (Å²) in [5.41, 5.74) is 1.40. The third kappa shape index (κ3) is 2.68. The first-order valence-corrected chi connectivity index (χ1v) is 8.50. The van der Waals surface area contributed by atoms with Gasteiger partial charge >= 0.3 is 6.18 Å². The van der Waals surface area contributed by atoms with Crippen molar-refractivity contribution >= 4 is 34.8 Å². The molecule has 26 heavy (non-hydrogen) atoms. The largest absolute Gasteiger partial charge is 0.413 e. The number of rotatable bonds is 2. The van der Waals surface area contributed by atoms with Gasteiger partial charge in [-0.05, 0) is 31.0 Å². The summed E-state index contributed by atoms with van der Waals surface area (Å²) in [6.07, 6.45) is -2.80. The zero-order valence-corrected chi connectivity index (χ0v) is 14.9. The van der Waals surface area contributed by atoms with Gasteiger partial charge in [0.25, 0.3) is 5.78 Å². The summed E-state index contributed by atoms with van der Waals surface area (Å²) >= 11 is 11.8. The number of halogens is 5. The first-order valence-electron chi connectivity index (χ1n) is 7.75. The molecule has 2 aromatic heterocycles. The van der Waals surface area contributed by atoms with Crippen LogP contribution in [0.3, 0.4) is 0 Å². The number of aromatic nitrogens is 4. The fourth-order valence-electron chi connectivity index (χ4n) is 3.37. The molecule has 1 aliphatic rings. The molecule has 3 aromatic rings. The van der Waals surface area contributed by atoms with Gasteiger partial charge in [0.1, 0.15) is 12.1 Å². The molecule has 0 saturated heterocycles. The maximum atomic E-state index is 14.0. The quantitative estimate of drug-likeness (QED) is 0.638. The number of anilines is 1. The molecule has 3 heterocycles. The number of hydrogen-bond acceptors (Lipinski definition) is 4. The van der Waals surface area contributed by atoms with Gasteiger partial charge in [-0.1, -0.05) is 29.3 Å². The second-order valence-corrected chi connectivity index (χ2v) is 6.85. The Hall–Kier alpha value is -2.06. The second kappa shape index (κ2) is 5.99. The van der Waals surface area contributed by atoms with E-state index in [1.54, 1.807) is 6.92 Å². The highest BCUT2D eigenvalue weighted by Crippen LogP contribution is 2.45. The van der Waals surface area contributed by atoms with Crippen LogP contribution in [0.25, 0.3) is 5.78 Å². The Morgan fingerprint density at radius 1 is 1.19 bits per heavy atom. The highest BCUT2D eigenvalue weighted by molar-refractivity contribution is 6.42. The SMILES string of the molecule is Cc1nc2ncnn2c2c1CCN2C(c1ccc(Cl)c(Cl)c1)C(F)(F)F. The number of hydrogen-bond donors (Lipinski definition) is 0. The predicted molar refractivity (Wildman–Crippen MR) is 91.8 cm³/mol. The van der Waals surface area contributed by atoms with E-state index in [1.807, 2.05) is 0 Å². The van der Waals surface area contributed by atoms with Crippen LogP contribution < -0.4 is 4.90 Å². The van der Waals surface area contributed by atoms with Crippen molar-refractivity contribution < 1.29 is 13.2 Å². The lowest BCUT2D eigenvalue weighted by Gasteiger charge is -2.32. The van der Waals surface area contributed by atoms with Crippen molar-refractivity contribution in [1.82, 2.24) is 19.6 Å². The van der Waals surface area contributed by atoms with Gasteiger partial charge in [-0.3, -0.25) is 0 Å². The molecule has 10 heteroatoms. The van der Waals surface area contributed by atoms with Gasteiger partial charge in [0.05, 0.1) is 10.0 Å². The van der Waals surface area contributed by atoms with Crippen molar-refractivity contribution in [1.29, 1.82) is 0 Å². The topological polar surface area (TPSA) is 46.3 Å². The van der Waals surface area contributed by atoms with Gasteiger partial charge in [-0.25, -0.2) is 4.98 Å². The van der Waals surface area contributed by atoms with E-state index in [2.05, 4.69) is 15.1 Å². The van der Waals surface area contributed by atoms with E-state index in [1.165, 1.54) is 33.9 Å². The Balaban J connectivity index is 1.91. The van der Waals surface area contributed by atoms with Crippen LogP contribution in [-0.2, 0) is 6.42 Å². The van der Waals surface area contributed by atoms with Gasteiger partial charge in [0.2, 0.25) is 0 Å². The second-order valence-electron chi connectivity index (χ2n) is 6.03. The van der Waals surface area contributed by atoms with Crippen molar-refractivity contribution in [3.05, 3.63) is 51.4 Å². The van der Waals surface area contributed by atoms with E-state index in [0.717, 1.165) is 5.56 Å². The molecular formula is C16H12Cl2F3N5. The number of alkyl halides is 3. The minimum atomic E-state index is -4.52. The van der Waals surface area contributed by atoms with Crippen molar-refractivity contribution in [3.8, 4) is 0 Å². The van der Waals surface area contributed by atoms with Crippen LogP contribution in [0.1, 0.15) is 22.9 Å². The number of benzene rings is 1. The smallest absolute Gasteiger partial charge is 0.340 e. The number of nitrogens with zero attached hydrogens (tertiary/aromatic N) is 5. The molecule has 0 bridgehead atoms. The summed E-state index contributed by atoms with van der Waals surface area (Å²) in [5.74, 6) is 0.626. The van der Waals surface area contributed by atoms with Crippen LogP contribution >= 0.6 is 23.2 Å². The van der Waals surface area contributed by atoms with E-state index in [0.29, 0.717) is 17.9 Å². The van der Waals surface area contributed by atoms with E-state index < -0.39 is 12.2 Å². The molecule has 1 unspecified atom stereocenters. The van der Waals surface area contributed by atoms with Crippen molar-refractivity contribution in [2.24, 2.45) is 0 Å². The normalized spacial score (nSPS) is 15.5. The average Bonchev–Trinajstić information content (AvgIpc) is 3.16. The van der Waals surface area contributed by atoms with E-state index in [4.69, 9.17) is 23.2 Å². The maximum absolute atomic E-state index is 14.0. The van der Waals surface area contributed by atoms with Gasteiger partial charge in [0, 0.05) is 17.8 Å². The molecule has 0 spiro atoms. The van der Waals surface area contributed by atoms with Crippen LogP contribution in [0, 0.1) is 6.92 Å². The number of aryl methyl sites for hydroxylation is 1. The van der Waals surface area contributed by atoms with Crippen molar-refractivity contribution in [2.45, 2.75) is 25.6 Å². The standard InChI is InChI=1S/C16H12Cl2F3N5/c1-8-10-4-5-25(14(10)26-15(24-8)22-7-23-26)13(16(19,20)21)9-2-3-11(17)12(18)6-9/h2-3,6-7,13H,4-5H2,1H3. The highest BCUT2D eigenvalue weighted by Gasteiger charge is 2.48. The van der Waals surface area contributed by atoms with Crippen molar-refractivity contribution in [2.75, 3.05) is 11.4 Å². The molecule has 136 valence electrons. The summed E-state index contributed by atoms with van der Waals surface area (Å²) in [5, 5.41) is 4.34. The Morgan fingerprint density at radius 3 is 2.65 bits per heavy atom. The van der Waals surface area contributed by atoms with E-state index >= 15 is 0 Å². The predicted octanol–water partition coefficient (Wildman–Crippen LogP) is 4.41. The van der Waals surface area contributed by atoms with Crippen LogP contribution in [-0.4, -0.2) is 32.3 Å². The summed E-state index contributed by atoms with van der Waals surface area (Å²) in [7, 11) is 0. The lowest BCUT2D eigenvalue weighted by Crippen LogP contribution is -2.38. The zero-order chi connectivity index (χ0) is 18.6. The first kappa shape index (κ1) is 17.4. The molecule has 1 aliphatic heterocycles. The summed E-state index contributed by atoms with van der Waals surface area (Å²) in [6, 6.07) is 2.09. The average molecular weight is 402 g/mol. The molecule has 1 atom stereocenters. The van der Waals surface area contributed by atoms with Crippen LogP contribution in [0.4, 0.5) is 19.0 Å². The minimum Gasteiger partial charge on any atom is -0.340 e. The molecule has 5 nitrogen and oxygen atoms in total. The van der Waals surface area contributed by atoms with Gasteiger partial charge < -0.3 is 4.90 Å². The highest BCUT2D eigenvalue weighted by atomic mass is 35.5. The molecule has 4 rings (SSSR count). The third-order valence-corrected chi connectivity index (χ3v) is 5.20. The molecule has 0 N–H and O–H groups in total. The fourth-order valence-corrected chi connectivity index (χ4v) is 3.68. The van der Waals surface area contributed by atoms with Gasteiger partial charge in [-0.15, -0.1) is 0 Å². The van der Waals surface area contributed by atoms with Crippen LogP contribution in [0.15, 0.2) is 24.5 Å². The Bertz CT molecular complexity index is 1000. The summed E-state index contributed by atoms with van der Waals surface area (Å²) < 4.78 is 43.4. The Morgan fingerprint density at radius 2 is 1.96 bits per heavy atom. The van der Waals surface area contributed by atoms with Gasteiger partial charge in [-0.2, -0.15) is 27.8 Å². The van der Waals surface area contributed by atoms with Crippen LogP contribution in [0.5, 0.6) is 0 Å². The summed E-state index contributed by atoms with van der Waals surface area (Å²) in [4.78, 5) is 9.59. The van der Waals surface area contributed by atoms with Gasteiger partial charge in [0.15, 0.2) is 6.04 Å². The Labute approximate surface area is 156 Å². The monoisotopic (exact) mass is 401 g/mol. The first-order chi connectivity index (χ1) is 12.3. The molecule has 0 radical (unpaired) electrons. The molecule has 0 aliphatic carbocycles. The zero-order valence-electron chi connectivity index (χ0n) is 13.4. The minimum absolute atomic E-state index is 0.0162. The molecule has 0 fully saturated rings. The molecule has 0 saturated carbocycles. The Kier molecular flexibility index (Phi) is 4.00. The third-order valence-electron chi connectivity index (χ3n) is 4.46. The maximum Gasteiger partial charge on any atom is 0.413 e. The van der Waals surface area contributed by atoms with Crippen molar-refractivity contribution in [3.63, 3.8) is 0 Å². The molecule has 0 amide bonds. The fraction of sp³-hybridized carbons (Fsp3) is 0.312. The summed E-state index contributed by atoms with van der Waals surface area (Å²) in [6.45, 7) is 1.94. The van der Waals surface area contributed by atoms with E-state index in [9.17, 15) is 13.2 Å². The van der Waals surface area contributed by atoms with E-state index in [-0.39, 0.29) is 27.9 Å². The molecular weight excluding hydrogens is 390 g/mol. The van der Waals surface area contributed by atoms with Crippen LogP contribution in [0.2, 0.25) is 10.0 Å².